The Kier molecular flexibility index (Phi) is 2.53. The van der Waals surface area contributed by atoms with E-state index in [1.807, 2.05) is 0 Å². The molecule has 0 fully saturated rings. The number of nitrogens with one attached hydrogen (secondary N) is 1. The highest BCUT2D eigenvalue weighted by atomic mass is 19.3. The van der Waals surface area contributed by atoms with E-state index in [-0.39, 0.29) is 23.1 Å². The normalized spacial score (nSPS) is 15.1. The van der Waals surface area contributed by atoms with Crippen molar-refractivity contribution in [3.8, 4) is 11.5 Å². The van der Waals surface area contributed by atoms with Crippen molar-refractivity contribution >= 4 is 17.5 Å². The molecular formula is C12H7F2NO5. The Hall–Kier alpha value is -2.77. The van der Waals surface area contributed by atoms with E-state index in [1.54, 1.807) is 0 Å². The number of aromatic carboxylic acids is 1. The first kappa shape index (κ1) is 12.3. The largest absolute Gasteiger partial charge is 0.586 e. The molecule has 0 unspecified atom stereocenters. The highest BCUT2D eigenvalue weighted by Crippen LogP contribution is 2.42. The molecule has 20 heavy (non-hydrogen) atoms. The maximum Gasteiger partial charge on any atom is 0.586 e. The van der Waals surface area contributed by atoms with Crippen LogP contribution in [0.1, 0.15) is 10.6 Å². The van der Waals surface area contributed by atoms with Crippen LogP contribution in [0.3, 0.4) is 0 Å². The number of fused-ring (bicyclic) bond motifs is 1. The third-order valence-electron chi connectivity index (χ3n) is 2.49. The minimum atomic E-state index is -3.68. The predicted octanol–water partition coefficient (Wildman–Crippen LogP) is 3.04. The van der Waals surface area contributed by atoms with Crippen LogP contribution in [0.5, 0.6) is 11.5 Å². The van der Waals surface area contributed by atoms with E-state index in [1.165, 1.54) is 30.3 Å². The Morgan fingerprint density at radius 1 is 1.15 bits per heavy atom. The van der Waals surface area contributed by atoms with Crippen LogP contribution in [0.4, 0.5) is 20.4 Å². The molecule has 0 amide bonds. The van der Waals surface area contributed by atoms with E-state index in [4.69, 9.17) is 9.52 Å². The first-order chi connectivity index (χ1) is 9.43. The summed E-state index contributed by atoms with van der Waals surface area (Å²) in [6.07, 6.45) is -3.68. The first-order valence-electron chi connectivity index (χ1n) is 5.43. The Bertz CT molecular complexity index is 682. The highest BCUT2D eigenvalue weighted by Gasteiger charge is 2.43. The molecule has 0 bridgehead atoms. The Labute approximate surface area is 110 Å². The van der Waals surface area contributed by atoms with Gasteiger partial charge in [-0.25, -0.2) is 4.79 Å². The van der Waals surface area contributed by atoms with Crippen LogP contribution in [0.2, 0.25) is 0 Å². The number of furan rings is 1. The van der Waals surface area contributed by atoms with E-state index < -0.39 is 12.3 Å². The summed E-state index contributed by atoms with van der Waals surface area (Å²) in [4.78, 5) is 10.7. The SMILES string of the molecule is O=C(O)c1ccc(Nc2ccc3c(c2)OC(F)(F)O3)o1. The monoisotopic (exact) mass is 283 g/mol. The van der Waals surface area contributed by atoms with Crippen LogP contribution >= 0.6 is 0 Å². The molecule has 0 saturated heterocycles. The molecule has 1 aromatic carbocycles. The second-order valence-electron chi connectivity index (χ2n) is 3.92. The molecule has 1 aliphatic heterocycles. The molecule has 0 saturated carbocycles. The van der Waals surface area contributed by atoms with Crippen molar-refractivity contribution in [3.63, 3.8) is 0 Å². The van der Waals surface area contributed by atoms with Gasteiger partial charge < -0.3 is 24.3 Å². The maximum absolute atomic E-state index is 12.8. The van der Waals surface area contributed by atoms with Crippen molar-refractivity contribution in [1.29, 1.82) is 0 Å². The Morgan fingerprint density at radius 2 is 1.90 bits per heavy atom. The van der Waals surface area contributed by atoms with Crippen molar-refractivity contribution in [1.82, 2.24) is 0 Å². The van der Waals surface area contributed by atoms with E-state index in [9.17, 15) is 13.6 Å². The summed E-state index contributed by atoms with van der Waals surface area (Å²) < 4.78 is 39.2. The summed E-state index contributed by atoms with van der Waals surface area (Å²) in [6, 6.07) is 6.74. The molecule has 3 rings (SSSR count). The number of ether oxygens (including phenoxy) is 2. The van der Waals surface area contributed by atoms with Gasteiger partial charge in [-0.2, -0.15) is 0 Å². The fourth-order valence-electron chi connectivity index (χ4n) is 1.69. The molecule has 1 aliphatic rings. The van der Waals surface area contributed by atoms with E-state index in [0.717, 1.165) is 0 Å². The minimum absolute atomic E-state index is 0.0776. The van der Waals surface area contributed by atoms with Crippen LogP contribution in [0.25, 0.3) is 0 Å². The smallest absolute Gasteiger partial charge is 0.475 e. The number of alkyl halides is 2. The summed E-state index contributed by atoms with van der Waals surface area (Å²) in [5, 5.41) is 11.4. The molecule has 0 radical (unpaired) electrons. The standard InChI is InChI=1S/C12H7F2NO5/c13-12(14)19-7-2-1-6(5-9(7)20-12)15-10-4-3-8(18-10)11(16)17/h1-5,15H,(H,16,17). The number of anilines is 2. The van der Waals surface area contributed by atoms with E-state index in [2.05, 4.69) is 14.8 Å². The molecule has 0 spiro atoms. The first-order valence-corrected chi connectivity index (χ1v) is 5.43. The van der Waals surface area contributed by atoms with Gasteiger partial charge in [-0.05, 0) is 18.2 Å². The highest BCUT2D eigenvalue weighted by molar-refractivity contribution is 5.85. The minimum Gasteiger partial charge on any atom is -0.475 e. The average molecular weight is 283 g/mol. The van der Waals surface area contributed by atoms with E-state index in [0.29, 0.717) is 5.69 Å². The van der Waals surface area contributed by atoms with Gasteiger partial charge in [0.05, 0.1) is 0 Å². The molecule has 6 nitrogen and oxygen atoms in total. The summed E-state index contributed by atoms with van der Waals surface area (Å²) in [5.41, 5.74) is 0.385. The van der Waals surface area contributed by atoms with Crippen LogP contribution in [-0.2, 0) is 0 Å². The van der Waals surface area contributed by atoms with Gasteiger partial charge in [0.2, 0.25) is 5.76 Å². The second kappa shape index (κ2) is 4.12. The molecule has 1 aromatic heterocycles. The third kappa shape index (κ3) is 2.22. The summed E-state index contributed by atoms with van der Waals surface area (Å²) in [5.74, 6) is -1.48. The predicted molar refractivity (Wildman–Crippen MR) is 61.6 cm³/mol. The number of carboxylic acid groups (broad SMARTS) is 1. The number of carboxylic acids is 1. The topological polar surface area (TPSA) is 80.9 Å². The zero-order valence-corrected chi connectivity index (χ0v) is 9.72. The fourth-order valence-corrected chi connectivity index (χ4v) is 1.69. The van der Waals surface area contributed by atoms with Crippen LogP contribution in [-0.4, -0.2) is 17.4 Å². The zero-order chi connectivity index (χ0) is 14.3. The number of halogens is 2. The van der Waals surface area contributed by atoms with Crippen LogP contribution in [0.15, 0.2) is 34.7 Å². The average Bonchev–Trinajstić information content (AvgIpc) is 2.91. The van der Waals surface area contributed by atoms with Gasteiger partial charge >= 0.3 is 12.3 Å². The van der Waals surface area contributed by atoms with Crippen LogP contribution in [0, 0.1) is 0 Å². The molecule has 0 atom stereocenters. The lowest BCUT2D eigenvalue weighted by molar-refractivity contribution is -0.286. The van der Waals surface area contributed by atoms with Gasteiger partial charge in [-0.3, -0.25) is 0 Å². The molecule has 104 valence electrons. The van der Waals surface area contributed by atoms with Gasteiger partial charge in [0.25, 0.3) is 0 Å². The third-order valence-corrected chi connectivity index (χ3v) is 2.49. The summed E-state index contributed by atoms with van der Waals surface area (Å²) in [7, 11) is 0. The zero-order valence-electron chi connectivity index (χ0n) is 9.72. The lowest BCUT2D eigenvalue weighted by atomic mass is 10.3. The van der Waals surface area contributed by atoms with Gasteiger partial charge in [-0.1, -0.05) is 0 Å². The van der Waals surface area contributed by atoms with Gasteiger partial charge in [0.15, 0.2) is 17.4 Å². The van der Waals surface area contributed by atoms with Gasteiger partial charge in [0.1, 0.15) is 0 Å². The number of rotatable bonds is 3. The van der Waals surface area contributed by atoms with Gasteiger partial charge in [-0.15, -0.1) is 8.78 Å². The van der Waals surface area contributed by atoms with Crippen molar-refractivity contribution in [2.24, 2.45) is 0 Å². The van der Waals surface area contributed by atoms with Crippen molar-refractivity contribution in [2.75, 3.05) is 5.32 Å². The maximum atomic E-state index is 12.8. The van der Waals surface area contributed by atoms with E-state index >= 15 is 0 Å². The Morgan fingerprint density at radius 3 is 2.60 bits per heavy atom. The Balaban J connectivity index is 1.81. The van der Waals surface area contributed by atoms with Gasteiger partial charge in [0, 0.05) is 17.8 Å². The molecular weight excluding hydrogens is 276 g/mol. The van der Waals surface area contributed by atoms with Crippen molar-refractivity contribution in [2.45, 2.75) is 6.29 Å². The molecule has 8 heteroatoms. The molecule has 2 heterocycles. The quantitative estimate of drug-likeness (QED) is 0.901. The number of benzene rings is 1. The fraction of sp³-hybridized carbons (Fsp3) is 0.0833. The second-order valence-corrected chi connectivity index (χ2v) is 3.92. The number of carbonyl (C=O) groups is 1. The van der Waals surface area contributed by atoms with Crippen molar-refractivity contribution in [3.05, 3.63) is 36.1 Å². The molecule has 0 aliphatic carbocycles. The lowest BCUT2D eigenvalue weighted by Crippen LogP contribution is -2.25. The summed E-state index contributed by atoms with van der Waals surface area (Å²) >= 11 is 0. The number of hydrogen-bond donors (Lipinski definition) is 2. The molecule has 2 aromatic rings. The lowest BCUT2D eigenvalue weighted by Gasteiger charge is -2.04. The number of hydrogen-bond acceptors (Lipinski definition) is 5. The van der Waals surface area contributed by atoms with Crippen LogP contribution < -0.4 is 14.8 Å². The van der Waals surface area contributed by atoms with Crippen molar-refractivity contribution < 1.29 is 32.6 Å². The molecule has 2 N–H and O–H groups in total. The summed E-state index contributed by atoms with van der Waals surface area (Å²) in [6.45, 7) is 0.